The topological polar surface area (TPSA) is 69.4 Å². The van der Waals surface area contributed by atoms with Gasteiger partial charge in [-0.3, -0.25) is 0 Å². The fraction of sp³-hybridized carbons (Fsp3) is 0.625. The number of hydrogen-bond donors (Lipinski definition) is 1. The van der Waals surface area contributed by atoms with Crippen LogP contribution in [0.4, 0.5) is 0 Å². The zero-order valence-electron chi connectivity index (χ0n) is 13.0. The van der Waals surface area contributed by atoms with E-state index in [2.05, 4.69) is 6.92 Å². The highest BCUT2D eigenvalue weighted by Crippen LogP contribution is 2.29. The zero-order valence-corrected chi connectivity index (χ0v) is 13.8. The summed E-state index contributed by atoms with van der Waals surface area (Å²) in [5.74, 6) is 0. The number of ether oxygens (including phenoxy) is 1. The van der Waals surface area contributed by atoms with Gasteiger partial charge in [0.1, 0.15) is 0 Å². The molecule has 1 aliphatic heterocycles. The van der Waals surface area contributed by atoms with E-state index in [4.69, 9.17) is 10.5 Å². The lowest BCUT2D eigenvalue weighted by Crippen LogP contribution is -2.40. The van der Waals surface area contributed by atoms with Crippen molar-refractivity contribution in [3.05, 3.63) is 35.4 Å². The van der Waals surface area contributed by atoms with Crippen molar-refractivity contribution in [3.63, 3.8) is 0 Å². The summed E-state index contributed by atoms with van der Waals surface area (Å²) in [6.45, 7) is 6.13. The zero-order chi connectivity index (χ0) is 15.6. The third-order valence-corrected chi connectivity index (χ3v) is 7.32. The number of benzene rings is 1. The molecule has 4 nitrogen and oxygen atoms in total. The van der Waals surface area contributed by atoms with Crippen LogP contribution in [0.25, 0.3) is 0 Å². The van der Waals surface area contributed by atoms with Crippen molar-refractivity contribution in [2.75, 3.05) is 6.61 Å². The van der Waals surface area contributed by atoms with E-state index in [1.54, 1.807) is 6.92 Å². The Morgan fingerprint density at radius 3 is 2.43 bits per heavy atom. The maximum Gasteiger partial charge on any atom is 0.160 e. The molecule has 0 saturated carbocycles. The highest BCUT2D eigenvalue weighted by molar-refractivity contribution is 7.92. The summed E-state index contributed by atoms with van der Waals surface area (Å²) < 4.78 is 30.8. The van der Waals surface area contributed by atoms with Crippen LogP contribution in [0.5, 0.6) is 0 Å². The minimum atomic E-state index is -3.30. The third-order valence-electron chi connectivity index (χ3n) is 4.53. The Bertz CT molecular complexity index is 568. The van der Waals surface area contributed by atoms with Crippen molar-refractivity contribution in [2.45, 2.75) is 56.3 Å². The van der Waals surface area contributed by atoms with Gasteiger partial charge in [0, 0.05) is 12.6 Å². The normalized spacial score (nSPS) is 25.7. The summed E-state index contributed by atoms with van der Waals surface area (Å²) in [4.78, 5) is 0. The Balaban J connectivity index is 2.19. The number of aryl methyl sites for hydroxylation is 1. The molecule has 1 fully saturated rings. The van der Waals surface area contributed by atoms with Crippen LogP contribution in [0.2, 0.25) is 0 Å². The number of nitrogens with two attached hydrogens (primary N) is 1. The van der Waals surface area contributed by atoms with E-state index in [0.29, 0.717) is 13.0 Å². The molecule has 0 spiro atoms. The van der Waals surface area contributed by atoms with Gasteiger partial charge in [0.15, 0.2) is 9.84 Å². The van der Waals surface area contributed by atoms with Gasteiger partial charge in [-0.1, -0.05) is 31.2 Å². The van der Waals surface area contributed by atoms with E-state index >= 15 is 0 Å². The van der Waals surface area contributed by atoms with Crippen LogP contribution in [0, 0.1) is 0 Å². The second-order valence-electron chi connectivity index (χ2n) is 5.82. The van der Waals surface area contributed by atoms with E-state index in [9.17, 15) is 8.42 Å². The molecule has 0 bridgehead atoms. The lowest BCUT2D eigenvalue weighted by molar-refractivity contribution is 0.126. The van der Waals surface area contributed by atoms with E-state index in [-0.39, 0.29) is 6.10 Å². The van der Waals surface area contributed by atoms with Gasteiger partial charge in [-0.2, -0.15) is 0 Å². The molecular weight excluding hydrogens is 286 g/mol. The van der Waals surface area contributed by atoms with E-state index < -0.39 is 26.4 Å². The fourth-order valence-corrected chi connectivity index (χ4v) is 5.02. The average molecular weight is 311 g/mol. The van der Waals surface area contributed by atoms with Crippen molar-refractivity contribution >= 4 is 9.84 Å². The Morgan fingerprint density at radius 2 is 1.95 bits per heavy atom. The van der Waals surface area contributed by atoms with Gasteiger partial charge in [-0.05, 0) is 37.8 Å². The number of rotatable bonds is 5. The molecule has 4 unspecified atom stereocenters. The van der Waals surface area contributed by atoms with Crippen molar-refractivity contribution in [2.24, 2.45) is 5.73 Å². The SMILES string of the molecule is CCc1ccc(C(N)C(C)S(=O)(=O)C2CCOC2C)cc1. The van der Waals surface area contributed by atoms with Gasteiger partial charge < -0.3 is 10.5 Å². The molecule has 2 N–H and O–H groups in total. The highest BCUT2D eigenvalue weighted by Gasteiger charge is 2.41. The van der Waals surface area contributed by atoms with Gasteiger partial charge >= 0.3 is 0 Å². The summed E-state index contributed by atoms with van der Waals surface area (Å²) in [6, 6.07) is 7.38. The maximum absolute atomic E-state index is 12.7. The number of sulfone groups is 1. The van der Waals surface area contributed by atoms with Crippen LogP contribution < -0.4 is 5.73 Å². The molecule has 1 aromatic carbocycles. The van der Waals surface area contributed by atoms with Crippen LogP contribution >= 0.6 is 0 Å². The Kier molecular flexibility index (Phi) is 5.07. The smallest absolute Gasteiger partial charge is 0.160 e. The van der Waals surface area contributed by atoms with E-state index in [1.807, 2.05) is 31.2 Å². The molecule has 4 atom stereocenters. The van der Waals surface area contributed by atoms with Gasteiger partial charge in [0.05, 0.1) is 16.6 Å². The first-order chi connectivity index (χ1) is 9.87. The summed E-state index contributed by atoms with van der Waals surface area (Å²) in [5, 5.41) is -1.05. The first-order valence-electron chi connectivity index (χ1n) is 7.56. The van der Waals surface area contributed by atoms with E-state index in [1.165, 1.54) is 5.56 Å². The Morgan fingerprint density at radius 1 is 1.33 bits per heavy atom. The molecule has 2 rings (SSSR count). The molecule has 5 heteroatoms. The summed E-state index contributed by atoms with van der Waals surface area (Å²) >= 11 is 0. The van der Waals surface area contributed by atoms with Gasteiger partial charge in [-0.15, -0.1) is 0 Å². The molecule has 1 aliphatic rings. The molecule has 1 aromatic rings. The third kappa shape index (κ3) is 3.30. The molecule has 1 saturated heterocycles. The molecular formula is C16H25NO3S. The van der Waals surface area contributed by atoms with Crippen molar-refractivity contribution in [1.82, 2.24) is 0 Å². The first-order valence-corrected chi connectivity index (χ1v) is 9.17. The standard InChI is InChI=1S/C16H25NO3S/c1-4-13-5-7-14(8-6-13)16(17)12(3)21(18,19)15-9-10-20-11(15)2/h5-8,11-12,15-16H,4,9-10,17H2,1-3H3. The summed E-state index contributed by atoms with van der Waals surface area (Å²) in [5.41, 5.74) is 8.30. The predicted molar refractivity (Wildman–Crippen MR) is 84.9 cm³/mol. The van der Waals surface area contributed by atoms with Gasteiger partial charge in [0.2, 0.25) is 0 Å². The van der Waals surface area contributed by atoms with Crippen LogP contribution in [-0.4, -0.2) is 31.6 Å². The summed E-state index contributed by atoms with van der Waals surface area (Å²) in [7, 11) is -3.30. The monoisotopic (exact) mass is 311 g/mol. The molecule has 0 amide bonds. The van der Waals surface area contributed by atoms with Crippen molar-refractivity contribution in [1.29, 1.82) is 0 Å². The summed E-state index contributed by atoms with van der Waals surface area (Å²) in [6.07, 6.45) is 1.28. The molecule has 118 valence electrons. The molecule has 21 heavy (non-hydrogen) atoms. The first kappa shape index (κ1) is 16.5. The largest absolute Gasteiger partial charge is 0.377 e. The molecule has 1 heterocycles. The van der Waals surface area contributed by atoms with Crippen LogP contribution in [0.15, 0.2) is 24.3 Å². The maximum atomic E-state index is 12.7. The second kappa shape index (κ2) is 6.46. The predicted octanol–water partition coefficient (Wildman–Crippen LogP) is 2.23. The van der Waals surface area contributed by atoms with Crippen LogP contribution in [0.3, 0.4) is 0 Å². The van der Waals surface area contributed by atoms with Gasteiger partial charge in [0.25, 0.3) is 0 Å². The van der Waals surface area contributed by atoms with Gasteiger partial charge in [-0.25, -0.2) is 8.42 Å². The quantitative estimate of drug-likeness (QED) is 0.905. The van der Waals surface area contributed by atoms with Crippen LogP contribution in [0.1, 0.15) is 44.4 Å². The number of hydrogen-bond acceptors (Lipinski definition) is 4. The lowest BCUT2D eigenvalue weighted by atomic mass is 10.0. The highest BCUT2D eigenvalue weighted by atomic mass is 32.2. The van der Waals surface area contributed by atoms with E-state index in [0.717, 1.165) is 12.0 Å². The van der Waals surface area contributed by atoms with Crippen LogP contribution in [-0.2, 0) is 21.0 Å². The lowest BCUT2D eigenvalue weighted by Gasteiger charge is -2.25. The molecule has 0 aliphatic carbocycles. The van der Waals surface area contributed by atoms with Crippen molar-refractivity contribution < 1.29 is 13.2 Å². The fourth-order valence-electron chi connectivity index (χ4n) is 2.87. The molecule has 0 radical (unpaired) electrons. The second-order valence-corrected chi connectivity index (χ2v) is 8.35. The average Bonchev–Trinajstić information content (AvgIpc) is 2.92. The Hall–Kier alpha value is -0.910. The molecule has 0 aromatic heterocycles. The minimum Gasteiger partial charge on any atom is -0.377 e. The Labute approximate surface area is 127 Å². The minimum absolute atomic E-state index is 0.243. The van der Waals surface area contributed by atoms with Crippen molar-refractivity contribution in [3.8, 4) is 0 Å².